The summed E-state index contributed by atoms with van der Waals surface area (Å²) < 4.78 is 5.01. The number of hydrogen-bond acceptors (Lipinski definition) is 2. The topological polar surface area (TPSA) is 42.2 Å². The molecular formula is C12H9Cl2NO2. The fraction of sp³-hybridized carbons (Fsp3) is 0.0833. The largest absolute Gasteiger partial charge is 0.440 e. The molecule has 0 radical (unpaired) electrons. The lowest BCUT2D eigenvalue weighted by Crippen LogP contribution is -2.11. The van der Waals surface area contributed by atoms with Crippen molar-refractivity contribution in [3.05, 3.63) is 51.9 Å². The zero-order chi connectivity index (χ0) is 12.4. The number of carbonyl (C=O) groups excluding carboxylic acids is 1. The summed E-state index contributed by atoms with van der Waals surface area (Å²) in [6.07, 6.45) is 0. The molecule has 5 heteroatoms. The summed E-state index contributed by atoms with van der Waals surface area (Å²) in [6, 6.07) is 8.25. The van der Waals surface area contributed by atoms with Crippen molar-refractivity contribution in [2.24, 2.45) is 0 Å². The molecule has 3 nitrogen and oxygen atoms in total. The second kappa shape index (κ2) is 4.82. The quantitative estimate of drug-likeness (QED) is 0.890. The Morgan fingerprint density at radius 3 is 2.59 bits per heavy atom. The predicted molar refractivity (Wildman–Crippen MR) is 67.9 cm³/mol. The van der Waals surface area contributed by atoms with E-state index in [1.807, 2.05) is 6.92 Å². The Bertz CT molecular complexity index is 563. The van der Waals surface area contributed by atoms with Crippen LogP contribution in [0.25, 0.3) is 0 Å². The van der Waals surface area contributed by atoms with E-state index >= 15 is 0 Å². The van der Waals surface area contributed by atoms with Gasteiger partial charge in [0.1, 0.15) is 0 Å². The Morgan fingerprint density at radius 2 is 2.00 bits per heavy atom. The van der Waals surface area contributed by atoms with Gasteiger partial charge in [-0.2, -0.15) is 0 Å². The van der Waals surface area contributed by atoms with Crippen molar-refractivity contribution < 1.29 is 9.21 Å². The molecule has 0 saturated heterocycles. The lowest BCUT2D eigenvalue weighted by molar-refractivity contribution is 0.0996. The van der Waals surface area contributed by atoms with E-state index < -0.39 is 0 Å². The van der Waals surface area contributed by atoms with Gasteiger partial charge in [0.15, 0.2) is 11.0 Å². The number of benzene rings is 1. The zero-order valence-corrected chi connectivity index (χ0v) is 10.5. The summed E-state index contributed by atoms with van der Waals surface area (Å²) >= 11 is 11.4. The van der Waals surface area contributed by atoms with Crippen LogP contribution < -0.4 is 5.32 Å². The number of amides is 1. The molecule has 17 heavy (non-hydrogen) atoms. The summed E-state index contributed by atoms with van der Waals surface area (Å²) in [7, 11) is 0. The Kier molecular flexibility index (Phi) is 3.41. The van der Waals surface area contributed by atoms with Crippen LogP contribution in [0.2, 0.25) is 10.2 Å². The molecule has 0 aliphatic carbocycles. The maximum absolute atomic E-state index is 11.8. The maximum Gasteiger partial charge on any atom is 0.291 e. The lowest BCUT2D eigenvalue weighted by atomic mass is 10.2. The molecule has 1 heterocycles. The van der Waals surface area contributed by atoms with Crippen LogP contribution in [-0.2, 0) is 0 Å². The summed E-state index contributed by atoms with van der Waals surface area (Å²) in [5, 5.41) is 3.53. The van der Waals surface area contributed by atoms with Crippen LogP contribution in [0.4, 0.5) is 5.69 Å². The molecule has 2 rings (SSSR count). The number of halogens is 2. The van der Waals surface area contributed by atoms with Crippen LogP contribution in [0.1, 0.15) is 16.1 Å². The zero-order valence-electron chi connectivity index (χ0n) is 8.96. The highest BCUT2D eigenvalue weighted by atomic mass is 35.5. The van der Waals surface area contributed by atoms with E-state index in [2.05, 4.69) is 5.32 Å². The first-order valence-electron chi connectivity index (χ1n) is 4.89. The van der Waals surface area contributed by atoms with Gasteiger partial charge >= 0.3 is 0 Å². The monoisotopic (exact) mass is 269 g/mol. The van der Waals surface area contributed by atoms with Crippen molar-refractivity contribution >= 4 is 34.8 Å². The Morgan fingerprint density at radius 1 is 1.24 bits per heavy atom. The number of anilines is 1. The molecule has 0 spiro atoms. The minimum Gasteiger partial charge on any atom is -0.440 e. The maximum atomic E-state index is 11.8. The predicted octanol–water partition coefficient (Wildman–Crippen LogP) is 4.15. The molecule has 0 saturated carbocycles. The van der Waals surface area contributed by atoms with Gasteiger partial charge in [0, 0.05) is 10.7 Å². The molecule has 88 valence electrons. The number of rotatable bonds is 2. The minimum atomic E-state index is -0.345. The number of carbonyl (C=O) groups is 1. The van der Waals surface area contributed by atoms with Gasteiger partial charge in [-0.05, 0) is 54.4 Å². The molecule has 0 unspecified atom stereocenters. The number of aryl methyl sites for hydroxylation is 1. The average Bonchev–Trinajstić information content (AvgIpc) is 2.69. The SMILES string of the molecule is Cc1cc(Cl)ccc1NC(=O)c1ccc(Cl)o1. The van der Waals surface area contributed by atoms with Crippen LogP contribution >= 0.6 is 23.2 Å². The van der Waals surface area contributed by atoms with Crippen molar-refractivity contribution in [1.82, 2.24) is 0 Å². The molecule has 1 aromatic carbocycles. The summed E-state index contributed by atoms with van der Waals surface area (Å²) in [5.41, 5.74) is 1.57. The molecule has 0 bridgehead atoms. The van der Waals surface area contributed by atoms with Gasteiger partial charge in [0.05, 0.1) is 0 Å². The lowest BCUT2D eigenvalue weighted by Gasteiger charge is -2.06. The summed E-state index contributed by atoms with van der Waals surface area (Å²) in [5.74, 6) is -0.174. The minimum absolute atomic E-state index is 0.171. The first-order valence-corrected chi connectivity index (χ1v) is 5.64. The highest BCUT2D eigenvalue weighted by molar-refractivity contribution is 6.30. The normalized spacial score (nSPS) is 10.3. The van der Waals surface area contributed by atoms with E-state index in [0.29, 0.717) is 10.7 Å². The molecule has 2 aromatic rings. The fourth-order valence-corrected chi connectivity index (χ4v) is 1.76. The van der Waals surface area contributed by atoms with E-state index in [1.54, 1.807) is 18.2 Å². The third kappa shape index (κ3) is 2.81. The van der Waals surface area contributed by atoms with Gasteiger partial charge in [-0.1, -0.05) is 11.6 Å². The van der Waals surface area contributed by atoms with Crippen molar-refractivity contribution in [2.45, 2.75) is 6.92 Å². The van der Waals surface area contributed by atoms with E-state index in [1.165, 1.54) is 12.1 Å². The van der Waals surface area contributed by atoms with Crippen molar-refractivity contribution in [1.29, 1.82) is 0 Å². The molecule has 0 atom stereocenters. The number of furan rings is 1. The van der Waals surface area contributed by atoms with Crippen molar-refractivity contribution in [3.63, 3.8) is 0 Å². The molecular weight excluding hydrogens is 261 g/mol. The van der Waals surface area contributed by atoms with E-state index in [9.17, 15) is 4.79 Å². The first-order chi connectivity index (χ1) is 8.06. The third-order valence-electron chi connectivity index (χ3n) is 2.23. The van der Waals surface area contributed by atoms with Crippen molar-refractivity contribution in [2.75, 3.05) is 5.32 Å². The molecule has 0 aliphatic heterocycles. The Labute approximate surface area is 108 Å². The van der Waals surface area contributed by atoms with Gasteiger partial charge in [0.2, 0.25) is 0 Å². The highest BCUT2D eigenvalue weighted by Crippen LogP contribution is 2.21. The summed E-state index contributed by atoms with van der Waals surface area (Å²) in [4.78, 5) is 11.8. The van der Waals surface area contributed by atoms with Crippen molar-refractivity contribution in [3.8, 4) is 0 Å². The molecule has 0 fully saturated rings. The number of hydrogen-bond donors (Lipinski definition) is 1. The molecule has 1 amide bonds. The van der Waals surface area contributed by atoms with E-state index in [-0.39, 0.29) is 16.9 Å². The van der Waals surface area contributed by atoms with Crippen LogP contribution in [0, 0.1) is 6.92 Å². The van der Waals surface area contributed by atoms with Gasteiger partial charge in [-0.3, -0.25) is 4.79 Å². The molecule has 1 N–H and O–H groups in total. The third-order valence-corrected chi connectivity index (χ3v) is 2.67. The average molecular weight is 270 g/mol. The number of nitrogens with one attached hydrogen (secondary N) is 1. The van der Waals surface area contributed by atoms with Gasteiger partial charge < -0.3 is 9.73 Å². The van der Waals surface area contributed by atoms with Crippen LogP contribution in [0.5, 0.6) is 0 Å². The van der Waals surface area contributed by atoms with Gasteiger partial charge in [-0.15, -0.1) is 0 Å². The highest BCUT2D eigenvalue weighted by Gasteiger charge is 2.11. The Hall–Kier alpha value is -1.45. The van der Waals surface area contributed by atoms with Crippen LogP contribution in [-0.4, -0.2) is 5.91 Å². The van der Waals surface area contributed by atoms with E-state index in [4.69, 9.17) is 27.6 Å². The fourth-order valence-electron chi connectivity index (χ4n) is 1.39. The Balaban J connectivity index is 2.18. The van der Waals surface area contributed by atoms with Gasteiger partial charge in [0.25, 0.3) is 5.91 Å². The van der Waals surface area contributed by atoms with Crippen LogP contribution in [0.3, 0.4) is 0 Å². The first kappa shape index (κ1) is 12.0. The van der Waals surface area contributed by atoms with E-state index in [0.717, 1.165) is 5.56 Å². The smallest absolute Gasteiger partial charge is 0.291 e. The van der Waals surface area contributed by atoms with Gasteiger partial charge in [-0.25, -0.2) is 0 Å². The molecule has 0 aliphatic rings. The standard InChI is InChI=1S/C12H9Cl2NO2/c1-7-6-8(13)2-3-9(7)15-12(16)10-4-5-11(14)17-10/h2-6H,1H3,(H,15,16). The second-order valence-electron chi connectivity index (χ2n) is 3.52. The second-order valence-corrected chi connectivity index (χ2v) is 4.33. The summed E-state index contributed by atoms with van der Waals surface area (Å²) in [6.45, 7) is 1.86. The van der Waals surface area contributed by atoms with Crippen LogP contribution in [0.15, 0.2) is 34.7 Å². The molecule has 1 aromatic heterocycles.